The van der Waals surface area contributed by atoms with Gasteiger partial charge in [-0.2, -0.15) is 0 Å². The van der Waals surface area contributed by atoms with Crippen LogP contribution >= 0.6 is 11.6 Å². The minimum absolute atomic E-state index is 0.00430. The highest BCUT2D eigenvalue weighted by Gasteiger charge is 2.16. The number of phenols is 1. The minimum atomic E-state index is -0.429. The summed E-state index contributed by atoms with van der Waals surface area (Å²) in [4.78, 5) is 10.7. The summed E-state index contributed by atoms with van der Waals surface area (Å²) in [5.41, 5.74) is 2.72. The third-order valence-corrected chi connectivity index (χ3v) is 3.71. The molecule has 6 heteroatoms. The van der Waals surface area contributed by atoms with E-state index in [0.717, 1.165) is 11.1 Å². The maximum absolute atomic E-state index is 11.1. The van der Waals surface area contributed by atoms with E-state index in [2.05, 4.69) is 5.32 Å². The average molecular weight is 307 g/mol. The van der Waals surface area contributed by atoms with Gasteiger partial charge in [0.15, 0.2) is 0 Å². The van der Waals surface area contributed by atoms with E-state index < -0.39 is 4.92 Å². The predicted molar refractivity (Wildman–Crippen MR) is 83.0 cm³/mol. The Bertz CT molecular complexity index is 681. The zero-order valence-corrected chi connectivity index (χ0v) is 12.4. The summed E-state index contributed by atoms with van der Waals surface area (Å²) < 4.78 is 0. The van der Waals surface area contributed by atoms with Gasteiger partial charge >= 0.3 is 0 Å². The molecule has 0 aliphatic heterocycles. The van der Waals surface area contributed by atoms with Crippen molar-refractivity contribution < 1.29 is 10.0 Å². The van der Waals surface area contributed by atoms with Gasteiger partial charge in [-0.3, -0.25) is 10.1 Å². The molecule has 0 bridgehead atoms. The van der Waals surface area contributed by atoms with Crippen molar-refractivity contribution in [3.05, 3.63) is 62.2 Å². The summed E-state index contributed by atoms with van der Waals surface area (Å²) in [5, 5.41) is 24.3. The molecule has 0 unspecified atom stereocenters. The summed E-state index contributed by atoms with van der Waals surface area (Å²) >= 11 is 6.02. The number of nitro benzene ring substituents is 1. The van der Waals surface area contributed by atoms with E-state index in [1.165, 1.54) is 12.1 Å². The molecule has 21 heavy (non-hydrogen) atoms. The van der Waals surface area contributed by atoms with Crippen molar-refractivity contribution >= 4 is 23.0 Å². The molecule has 5 nitrogen and oxygen atoms in total. The number of hydrogen-bond acceptors (Lipinski definition) is 4. The molecule has 2 N–H and O–H groups in total. The summed E-state index contributed by atoms with van der Waals surface area (Å²) in [7, 11) is 0. The lowest BCUT2D eigenvalue weighted by molar-refractivity contribution is -0.384. The SMILES string of the molecule is Cc1cc(NCc2c(O)cccc2Cl)c([N+](=O)[O-])cc1C. The number of nitrogens with zero attached hydrogens (tertiary/aromatic N) is 1. The minimum Gasteiger partial charge on any atom is -0.508 e. The van der Waals surface area contributed by atoms with Gasteiger partial charge in [-0.1, -0.05) is 17.7 Å². The monoisotopic (exact) mass is 306 g/mol. The van der Waals surface area contributed by atoms with E-state index in [-0.39, 0.29) is 18.0 Å². The van der Waals surface area contributed by atoms with Crippen LogP contribution in [0.3, 0.4) is 0 Å². The third-order valence-electron chi connectivity index (χ3n) is 3.36. The maximum atomic E-state index is 11.1. The van der Waals surface area contributed by atoms with Crippen LogP contribution in [0.1, 0.15) is 16.7 Å². The second-order valence-corrected chi connectivity index (χ2v) is 5.21. The molecule has 0 heterocycles. The molecule has 0 amide bonds. The van der Waals surface area contributed by atoms with Crippen LogP contribution in [0.5, 0.6) is 5.75 Å². The number of nitrogens with one attached hydrogen (secondary N) is 1. The fraction of sp³-hybridized carbons (Fsp3) is 0.200. The summed E-state index contributed by atoms with van der Waals surface area (Å²) in [6.07, 6.45) is 0. The first-order chi connectivity index (χ1) is 9.90. The van der Waals surface area contributed by atoms with Gasteiger partial charge in [-0.25, -0.2) is 0 Å². The number of hydrogen-bond donors (Lipinski definition) is 2. The van der Waals surface area contributed by atoms with E-state index in [1.54, 1.807) is 18.2 Å². The van der Waals surface area contributed by atoms with Gasteiger partial charge in [-0.15, -0.1) is 0 Å². The van der Waals surface area contributed by atoms with Crippen LogP contribution < -0.4 is 5.32 Å². The van der Waals surface area contributed by atoms with Crippen molar-refractivity contribution in [1.82, 2.24) is 0 Å². The fourth-order valence-electron chi connectivity index (χ4n) is 2.00. The first kappa shape index (κ1) is 15.1. The van der Waals surface area contributed by atoms with Gasteiger partial charge in [0.25, 0.3) is 5.69 Å². The first-order valence-corrected chi connectivity index (χ1v) is 6.74. The molecule has 2 rings (SSSR count). The van der Waals surface area contributed by atoms with Gasteiger partial charge in [0.2, 0.25) is 0 Å². The lowest BCUT2D eigenvalue weighted by Gasteiger charge is -2.11. The molecule has 0 aromatic heterocycles. The molecule has 0 fully saturated rings. The molecule has 0 saturated carbocycles. The summed E-state index contributed by atoms with van der Waals surface area (Å²) in [6, 6.07) is 8.08. The molecule has 2 aromatic carbocycles. The number of aromatic hydroxyl groups is 1. The van der Waals surface area contributed by atoms with E-state index >= 15 is 0 Å². The summed E-state index contributed by atoms with van der Waals surface area (Å²) in [6.45, 7) is 3.91. The molecule has 2 aromatic rings. The van der Waals surface area contributed by atoms with Crippen LogP contribution in [0.25, 0.3) is 0 Å². The van der Waals surface area contributed by atoms with Crippen molar-refractivity contribution in [3.63, 3.8) is 0 Å². The largest absolute Gasteiger partial charge is 0.508 e. The van der Waals surface area contributed by atoms with Crippen LogP contribution in [0.2, 0.25) is 5.02 Å². The number of halogens is 1. The molecule has 0 radical (unpaired) electrons. The third kappa shape index (κ3) is 3.25. The maximum Gasteiger partial charge on any atom is 0.292 e. The number of nitro groups is 1. The molecule has 0 spiro atoms. The zero-order valence-electron chi connectivity index (χ0n) is 11.7. The van der Waals surface area contributed by atoms with Crippen LogP contribution in [-0.2, 0) is 6.54 Å². The van der Waals surface area contributed by atoms with Crippen molar-refractivity contribution in [3.8, 4) is 5.75 Å². The number of benzene rings is 2. The Morgan fingerprint density at radius 1 is 1.29 bits per heavy atom. The molecule has 0 aliphatic carbocycles. The van der Waals surface area contributed by atoms with Gasteiger partial charge in [-0.05, 0) is 43.2 Å². The topological polar surface area (TPSA) is 75.4 Å². The van der Waals surface area contributed by atoms with E-state index in [4.69, 9.17) is 11.6 Å². The highest BCUT2D eigenvalue weighted by atomic mass is 35.5. The second-order valence-electron chi connectivity index (χ2n) is 4.80. The Morgan fingerprint density at radius 2 is 1.95 bits per heavy atom. The number of rotatable bonds is 4. The van der Waals surface area contributed by atoms with E-state index in [1.807, 2.05) is 13.8 Å². The average Bonchev–Trinajstić information content (AvgIpc) is 2.41. The van der Waals surface area contributed by atoms with Crippen LogP contribution in [0.15, 0.2) is 30.3 Å². The highest BCUT2D eigenvalue weighted by molar-refractivity contribution is 6.31. The summed E-state index contributed by atoms with van der Waals surface area (Å²) in [5.74, 6) is 0.0569. The molecule has 0 aliphatic rings. The Labute approximate surface area is 127 Å². The Hall–Kier alpha value is -2.27. The van der Waals surface area contributed by atoms with Crippen LogP contribution in [0, 0.1) is 24.0 Å². The van der Waals surface area contributed by atoms with Crippen molar-refractivity contribution in [2.75, 3.05) is 5.32 Å². The van der Waals surface area contributed by atoms with Gasteiger partial charge < -0.3 is 10.4 Å². The Morgan fingerprint density at radius 3 is 2.57 bits per heavy atom. The zero-order chi connectivity index (χ0) is 15.6. The smallest absolute Gasteiger partial charge is 0.292 e. The molecular weight excluding hydrogens is 292 g/mol. The number of phenolic OH excluding ortho intramolecular Hbond substituents is 1. The van der Waals surface area contributed by atoms with Crippen LogP contribution in [0.4, 0.5) is 11.4 Å². The standard InChI is InChI=1S/C15H15ClN2O3/c1-9-6-13(14(18(20)21)7-10(9)2)17-8-11-12(16)4-3-5-15(11)19/h3-7,17,19H,8H2,1-2H3. The van der Waals surface area contributed by atoms with Gasteiger partial charge in [0.1, 0.15) is 11.4 Å². The Kier molecular flexibility index (Phi) is 4.33. The highest BCUT2D eigenvalue weighted by Crippen LogP contribution is 2.31. The van der Waals surface area contributed by atoms with Crippen molar-refractivity contribution in [2.45, 2.75) is 20.4 Å². The quantitative estimate of drug-likeness (QED) is 0.656. The second kappa shape index (κ2) is 6.01. The molecular formula is C15H15ClN2O3. The molecule has 0 saturated heterocycles. The normalized spacial score (nSPS) is 10.4. The van der Waals surface area contributed by atoms with Gasteiger partial charge in [0, 0.05) is 23.2 Å². The van der Waals surface area contributed by atoms with Crippen molar-refractivity contribution in [2.24, 2.45) is 0 Å². The van der Waals surface area contributed by atoms with Gasteiger partial charge in [0.05, 0.1) is 4.92 Å². The number of aryl methyl sites for hydroxylation is 2. The lowest BCUT2D eigenvalue weighted by atomic mass is 10.1. The van der Waals surface area contributed by atoms with E-state index in [9.17, 15) is 15.2 Å². The lowest BCUT2D eigenvalue weighted by Crippen LogP contribution is -2.04. The Balaban J connectivity index is 2.32. The predicted octanol–water partition coefficient (Wildman–Crippen LogP) is 4.18. The number of anilines is 1. The molecule has 0 atom stereocenters. The van der Waals surface area contributed by atoms with Crippen molar-refractivity contribution in [1.29, 1.82) is 0 Å². The fourth-order valence-corrected chi connectivity index (χ4v) is 2.24. The van der Waals surface area contributed by atoms with E-state index in [0.29, 0.717) is 16.3 Å². The first-order valence-electron chi connectivity index (χ1n) is 6.36. The molecule has 110 valence electrons. The van der Waals surface area contributed by atoms with Crippen LogP contribution in [-0.4, -0.2) is 10.0 Å².